The zero-order valence-electron chi connectivity index (χ0n) is 16.7. The van der Waals surface area contributed by atoms with Crippen LogP contribution in [0.3, 0.4) is 0 Å². The van der Waals surface area contributed by atoms with Crippen LogP contribution in [0.1, 0.15) is 28.0 Å². The Morgan fingerprint density at radius 3 is 2.41 bits per heavy atom. The van der Waals surface area contributed by atoms with E-state index in [1.807, 2.05) is 30.3 Å². The SMILES string of the molecule is COc1ccc(C(=O)Nc2c3c(nn2-c2ccccc2)CCC3)c(OC)c1OC. The lowest BCUT2D eigenvalue weighted by atomic mass is 10.1. The standard InChI is InChI=1S/C22H23N3O4/c1-27-18-13-12-16(19(28-2)20(18)29-3)22(26)23-21-15-10-7-11-17(15)24-25(21)14-8-5-4-6-9-14/h4-6,8-9,12-13H,7,10-11H2,1-3H3,(H,23,26). The first-order valence-electron chi connectivity index (χ1n) is 9.44. The van der Waals surface area contributed by atoms with Crippen molar-refractivity contribution < 1.29 is 19.0 Å². The van der Waals surface area contributed by atoms with Crippen molar-refractivity contribution in [3.63, 3.8) is 0 Å². The zero-order chi connectivity index (χ0) is 20.4. The summed E-state index contributed by atoms with van der Waals surface area (Å²) in [6.07, 6.45) is 2.84. The van der Waals surface area contributed by atoms with Crippen molar-refractivity contribution in [2.45, 2.75) is 19.3 Å². The fourth-order valence-corrected chi connectivity index (χ4v) is 3.73. The summed E-state index contributed by atoms with van der Waals surface area (Å²) in [6.45, 7) is 0. The van der Waals surface area contributed by atoms with E-state index < -0.39 is 0 Å². The number of hydrogen-bond acceptors (Lipinski definition) is 5. The molecular weight excluding hydrogens is 370 g/mol. The number of aryl methyl sites for hydroxylation is 1. The molecular formula is C22H23N3O4. The predicted molar refractivity (Wildman–Crippen MR) is 110 cm³/mol. The van der Waals surface area contributed by atoms with E-state index in [-0.39, 0.29) is 5.91 Å². The van der Waals surface area contributed by atoms with Gasteiger partial charge >= 0.3 is 0 Å². The number of anilines is 1. The second kappa shape index (κ2) is 7.87. The molecule has 0 saturated heterocycles. The van der Waals surface area contributed by atoms with Gasteiger partial charge in [-0.1, -0.05) is 18.2 Å². The highest BCUT2D eigenvalue weighted by Crippen LogP contribution is 2.40. The van der Waals surface area contributed by atoms with E-state index in [0.717, 1.165) is 36.2 Å². The lowest BCUT2D eigenvalue weighted by molar-refractivity contribution is 0.102. The van der Waals surface area contributed by atoms with Crippen molar-refractivity contribution in [2.24, 2.45) is 0 Å². The number of nitrogens with zero attached hydrogens (tertiary/aromatic N) is 2. The first kappa shape index (κ1) is 18.9. The van der Waals surface area contributed by atoms with Gasteiger partial charge in [-0.3, -0.25) is 4.79 Å². The Hall–Kier alpha value is -3.48. The van der Waals surface area contributed by atoms with Gasteiger partial charge in [-0.05, 0) is 43.5 Å². The Morgan fingerprint density at radius 1 is 0.966 bits per heavy atom. The molecule has 3 aromatic rings. The van der Waals surface area contributed by atoms with E-state index in [0.29, 0.717) is 28.6 Å². The van der Waals surface area contributed by atoms with Crippen molar-refractivity contribution in [1.82, 2.24) is 9.78 Å². The van der Waals surface area contributed by atoms with E-state index in [4.69, 9.17) is 19.3 Å². The van der Waals surface area contributed by atoms with Crippen molar-refractivity contribution in [2.75, 3.05) is 26.6 Å². The summed E-state index contributed by atoms with van der Waals surface area (Å²) in [4.78, 5) is 13.2. The molecule has 29 heavy (non-hydrogen) atoms. The molecule has 1 amide bonds. The van der Waals surface area contributed by atoms with Gasteiger partial charge in [-0.2, -0.15) is 5.10 Å². The molecule has 1 N–H and O–H groups in total. The predicted octanol–water partition coefficient (Wildman–Crippen LogP) is 3.64. The third-order valence-corrected chi connectivity index (χ3v) is 5.09. The fourth-order valence-electron chi connectivity index (χ4n) is 3.73. The number of benzene rings is 2. The van der Waals surface area contributed by atoms with Crippen LogP contribution < -0.4 is 19.5 Å². The monoisotopic (exact) mass is 393 g/mol. The second-order valence-electron chi connectivity index (χ2n) is 6.71. The highest BCUT2D eigenvalue weighted by molar-refractivity contribution is 6.07. The molecule has 1 aliphatic carbocycles. The summed E-state index contributed by atoms with van der Waals surface area (Å²) < 4.78 is 18.0. The first-order valence-corrected chi connectivity index (χ1v) is 9.44. The molecule has 0 fully saturated rings. The average molecular weight is 393 g/mol. The molecule has 1 heterocycles. The van der Waals surface area contributed by atoms with E-state index in [1.54, 1.807) is 23.9 Å². The molecule has 7 heteroatoms. The molecule has 150 valence electrons. The number of carbonyl (C=O) groups is 1. The van der Waals surface area contributed by atoms with Gasteiger partial charge in [0, 0.05) is 5.56 Å². The summed E-state index contributed by atoms with van der Waals surface area (Å²) in [5.41, 5.74) is 3.37. The van der Waals surface area contributed by atoms with Gasteiger partial charge < -0.3 is 19.5 Å². The molecule has 0 aliphatic heterocycles. The highest BCUT2D eigenvalue weighted by Gasteiger charge is 2.27. The first-order chi connectivity index (χ1) is 14.2. The van der Waals surface area contributed by atoms with Gasteiger partial charge in [0.15, 0.2) is 11.5 Å². The fraction of sp³-hybridized carbons (Fsp3) is 0.273. The molecule has 0 bridgehead atoms. The van der Waals surface area contributed by atoms with Crippen molar-refractivity contribution in [1.29, 1.82) is 0 Å². The quantitative estimate of drug-likeness (QED) is 0.692. The lowest BCUT2D eigenvalue weighted by Gasteiger charge is -2.16. The maximum atomic E-state index is 13.2. The average Bonchev–Trinajstić information content (AvgIpc) is 3.35. The summed E-state index contributed by atoms with van der Waals surface area (Å²) in [6, 6.07) is 13.1. The molecule has 0 spiro atoms. The van der Waals surface area contributed by atoms with Crippen LogP contribution in [-0.2, 0) is 12.8 Å². The molecule has 1 aliphatic rings. The number of fused-ring (bicyclic) bond motifs is 1. The topological polar surface area (TPSA) is 74.6 Å². The molecule has 4 rings (SSSR count). The molecule has 7 nitrogen and oxygen atoms in total. The van der Waals surface area contributed by atoms with Crippen molar-refractivity contribution in [3.8, 4) is 22.9 Å². The number of ether oxygens (including phenoxy) is 3. The van der Waals surface area contributed by atoms with E-state index in [1.165, 1.54) is 14.2 Å². The summed E-state index contributed by atoms with van der Waals surface area (Å²) in [5, 5.41) is 7.79. The maximum Gasteiger partial charge on any atom is 0.260 e. The van der Waals surface area contributed by atoms with Gasteiger partial charge in [0.05, 0.1) is 38.3 Å². The Kier molecular flexibility index (Phi) is 5.12. The second-order valence-corrected chi connectivity index (χ2v) is 6.71. The molecule has 0 radical (unpaired) electrons. The molecule has 2 aromatic carbocycles. The zero-order valence-corrected chi connectivity index (χ0v) is 16.7. The smallest absolute Gasteiger partial charge is 0.260 e. The molecule has 0 unspecified atom stereocenters. The Morgan fingerprint density at radius 2 is 1.72 bits per heavy atom. The minimum absolute atomic E-state index is 0.297. The molecule has 0 saturated carbocycles. The van der Waals surface area contributed by atoms with Crippen molar-refractivity contribution in [3.05, 3.63) is 59.3 Å². The summed E-state index contributed by atoms with van der Waals surface area (Å²) in [7, 11) is 4.55. The minimum atomic E-state index is -0.297. The molecule has 0 atom stereocenters. The van der Waals surface area contributed by atoms with Crippen molar-refractivity contribution >= 4 is 11.7 Å². The van der Waals surface area contributed by atoms with Crippen LogP contribution in [0.25, 0.3) is 5.69 Å². The Balaban J connectivity index is 1.75. The number of nitrogens with one attached hydrogen (secondary N) is 1. The third kappa shape index (κ3) is 3.29. The number of para-hydroxylation sites is 1. The van der Waals surface area contributed by atoms with Crippen LogP contribution in [0.2, 0.25) is 0 Å². The Bertz CT molecular complexity index is 1040. The number of aromatic nitrogens is 2. The number of methoxy groups -OCH3 is 3. The van der Waals surface area contributed by atoms with Crippen LogP contribution in [0.4, 0.5) is 5.82 Å². The van der Waals surface area contributed by atoms with Crippen LogP contribution in [0.5, 0.6) is 17.2 Å². The summed E-state index contributed by atoms with van der Waals surface area (Å²) >= 11 is 0. The number of rotatable bonds is 6. The van der Waals surface area contributed by atoms with E-state index >= 15 is 0 Å². The van der Waals surface area contributed by atoms with Crippen LogP contribution >= 0.6 is 0 Å². The minimum Gasteiger partial charge on any atom is -0.493 e. The molecule has 1 aromatic heterocycles. The van der Waals surface area contributed by atoms with Crippen LogP contribution in [0.15, 0.2) is 42.5 Å². The van der Waals surface area contributed by atoms with Gasteiger partial charge in [-0.25, -0.2) is 4.68 Å². The van der Waals surface area contributed by atoms with E-state index in [9.17, 15) is 4.79 Å². The van der Waals surface area contributed by atoms with Crippen LogP contribution in [-0.4, -0.2) is 37.0 Å². The van der Waals surface area contributed by atoms with Gasteiger partial charge in [0.25, 0.3) is 5.91 Å². The van der Waals surface area contributed by atoms with Gasteiger partial charge in [0.1, 0.15) is 5.82 Å². The lowest BCUT2D eigenvalue weighted by Crippen LogP contribution is -2.17. The van der Waals surface area contributed by atoms with E-state index in [2.05, 4.69) is 5.32 Å². The number of amides is 1. The Labute approximate surface area is 169 Å². The van der Waals surface area contributed by atoms with Gasteiger partial charge in [-0.15, -0.1) is 0 Å². The summed E-state index contributed by atoms with van der Waals surface area (Å²) in [5.74, 6) is 1.60. The normalized spacial score (nSPS) is 12.4. The number of hydrogen-bond donors (Lipinski definition) is 1. The largest absolute Gasteiger partial charge is 0.493 e. The van der Waals surface area contributed by atoms with Crippen LogP contribution in [0, 0.1) is 0 Å². The maximum absolute atomic E-state index is 13.2. The van der Waals surface area contributed by atoms with Gasteiger partial charge in [0.2, 0.25) is 5.75 Å². The third-order valence-electron chi connectivity index (χ3n) is 5.09. The highest BCUT2D eigenvalue weighted by atomic mass is 16.5. The number of carbonyl (C=O) groups excluding carboxylic acids is 1.